The van der Waals surface area contributed by atoms with Crippen LogP contribution in [0.2, 0.25) is 0 Å². The minimum absolute atomic E-state index is 0.0311. The van der Waals surface area contributed by atoms with Gasteiger partial charge in [-0.25, -0.2) is 4.63 Å². The number of rotatable bonds is 5. The first kappa shape index (κ1) is 14.6. The lowest BCUT2D eigenvalue weighted by Crippen LogP contribution is -2.34. The van der Waals surface area contributed by atoms with Gasteiger partial charge in [-0.1, -0.05) is 0 Å². The first-order valence-electron chi connectivity index (χ1n) is 6.38. The number of anilines is 1. The SMILES string of the molecule is O=C1C=C(Nc2ccc3nonc3c2[N+](=O)[O-])C(=O)N1CCO. The number of benzene rings is 1. The fourth-order valence-electron chi connectivity index (χ4n) is 2.18. The molecule has 0 unspecified atom stereocenters. The number of fused-ring (bicyclic) bond motifs is 1. The highest BCUT2D eigenvalue weighted by atomic mass is 16.6. The van der Waals surface area contributed by atoms with Crippen LogP contribution in [0.5, 0.6) is 0 Å². The number of hydrogen-bond acceptors (Lipinski definition) is 9. The molecule has 0 radical (unpaired) electrons. The van der Waals surface area contributed by atoms with Crippen molar-refractivity contribution in [2.24, 2.45) is 0 Å². The first-order chi connectivity index (χ1) is 11.0. The van der Waals surface area contributed by atoms with E-state index in [-0.39, 0.29) is 35.6 Å². The molecule has 2 aromatic rings. The van der Waals surface area contributed by atoms with Crippen molar-refractivity contribution >= 4 is 34.2 Å². The Kier molecular flexibility index (Phi) is 3.46. The maximum absolute atomic E-state index is 12.1. The third-order valence-corrected chi connectivity index (χ3v) is 3.19. The van der Waals surface area contributed by atoms with Crippen LogP contribution in [-0.4, -0.2) is 50.2 Å². The minimum atomic E-state index is -0.692. The summed E-state index contributed by atoms with van der Waals surface area (Å²) in [6.45, 7) is -0.539. The minimum Gasteiger partial charge on any atom is -0.395 e. The van der Waals surface area contributed by atoms with Crippen molar-refractivity contribution in [2.75, 3.05) is 18.5 Å². The molecule has 0 aliphatic carbocycles. The number of aromatic nitrogens is 2. The van der Waals surface area contributed by atoms with Crippen molar-refractivity contribution in [1.29, 1.82) is 0 Å². The van der Waals surface area contributed by atoms with Gasteiger partial charge in [-0.15, -0.1) is 0 Å². The van der Waals surface area contributed by atoms with Crippen molar-refractivity contribution < 1.29 is 24.2 Å². The van der Waals surface area contributed by atoms with E-state index < -0.39 is 22.4 Å². The Balaban J connectivity index is 1.98. The van der Waals surface area contributed by atoms with Crippen LogP contribution in [0.1, 0.15) is 0 Å². The number of amides is 2. The monoisotopic (exact) mass is 319 g/mol. The molecule has 1 aromatic heterocycles. The van der Waals surface area contributed by atoms with E-state index in [2.05, 4.69) is 20.3 Å². The Hall–Kier alpha value is -3.34. The van der Waals surface area contributed by atoms with E-state index in [1.807, 2.05) is 0 Å². The van der Waals surface area contributed by atoms with Crippen LogP contribution in [0.25, 0.3) is 11.0 Å². The summed E-state index contributed by atoms with van der Waals surface area (Å²) in [6, 6.07) is 2.76. The summed E-state index contributed by atoms with van der Waals surface area (Å²) in [5.41, 5.74) is -0.485. The van der Waals surface area contributed by atoms with E-state index in [9.17, 15) is 19.7 Å². The van der Waals surface area contributed by atoms with Gasteiger partial charge in [0.15, 0.2) is 0 Å². The van der Waals surface area contributed by atoms with Crippen LogP contribution in [0, 0.1) is 10.1 Å². The van der Waals surface area contributed by atoms with Gasteiger partial charge in [0.25, 0.3) is 11.8 Å². The van der Waals surface area contributed by atoms with Crippen LogP contribution in [0.4, 0.5) is 11.4 Å². The number of carbonyl (C=O) groups excluding carboxylic acids is 2. The van der Waals surface area contributed by atoms with Crippen molar-refractivity contribution in [2.45, 2.75) is 0 Å². The molecule has 11 nitrogen and oxygen atoms in total. The number of nitro groups is 1. The lowest BCUT2D eigenvalue weighted by Gasteiger charge is -2.13. The smallest absolute Gasteiger partial charge is 0.323 e. The predicted octanol–water partition coefficient (Wildman–Crippen LogP) is -0.212. The quantitative estimate of drug-likeness (QED) is 0.433. The molecule has 0 saturated heterocycles. The predicted molar refractivity (Wildman–Crippen MR) is 74.0 cm³/mol. The zero-order chi connectivity index (χ0) is 16.6. The second-order valence-corrected chi connectivity index (χ2v) is 4.55. The number of imide groups is 1. The first-order valence-corrected chi connectivity index (χ1v) is 6.38. The summed E-state index contributed by atoms with van der Waals surface area (Å²) in [5.74, 6) is -1.30. The van der Waals surface area contributed by atoms with E-state index in [0.717, 1.165) is 11.0 Å². The molecule has 2 heterocycles. The van der Waals surface area contributed by atoms with Gasteiger partial charge >= 0.3 is 5.69 Å². The van der Waals surface area contributed by atoms with Gasteiger partial charge in [-0.05, 0) is 22.4 Å². The van der Waals surface area contributed by atoms with Crippen LogP contribution in [0.3, 0.4) is 0 Å². The number of hydrogen-bond donors (Lipinski definition) is 2. The summed E-state index contributed by atoms with van der Waals surface area (Å²) in [7, 11) is 0. The summed E-state index contributed by atoms with van der Waals surface area (Å²) >= 11 is 0. The molecule has 23 heavy (non-hydrogen) atoms. The van der Waals surface area contributed by atoms with Crippen molar-refractivity contribution in [3.05, 3.63) is 34.0 Å². The molecular formula is C12H9N5O6. The second kappa shape index (κ2) is 5.46. The van der Waals surface area contributed by atoms with Gasteiger partial charge in [0.2, 0.25) is 5.52 Å². The summed E-state index contributed by atoms with van der Waals surface area (Å²) in [6.07, 6.45) is 1.01. The van der Waals surface area contributed by atoms with Gasteiger partial charge in [0, 0.05) is 6.08 Å². The van der Waals surface area contributed by atoms with Gasteiger partial charge in [0.05, 0.1) is 18.1 Å². The van der Waals surface area contributed by atoms with E-state index in [1.165, 1.54) is 12.1 Å². The number of nitrogens with one attached hydrogen (secondary N) is 1. The molecule has 3 rings (SSSR count). The van der Waals surface area contributed by atoms with Crippen LogP contribution < -0.4 is 5.32 Å². The van der Waals surface area contributed by atoms with E-state index in [4.69, 9.17) is 5.11 Å². The van der Waals surface area contributed by atoms with E-state index in [0.29, 0.717) is 0 Å². The Morgan fingerprint density at radius 3 is 2.83 bits per heavy atom. The normalized spacial score (nSPS) is 14.5. The zero-order valence-corrected chi connectivity index (χ0v) is 11.4. The third-order valence-electron chi connectivity index (χ3n) is 3.19. The number of aliphatic hydroxyl groups is 1. The van der Waals surface area contributed by atoms with Crippen molar-refractivity contribution in [3.63, 3.8) is 0 Å². The van der Waals surface area contributed by atoms with Crippen LogP contribution in [0.15, 0.2) is 28.5 Å². The molecule has 0 atom stereocenters. The molecule has 2 amide bonds. The molecule has 1 aliphatic heterocycles. The molecule has 0 spiro atoms. The average Bonchev–Trinajstić information content (AvgIpc) is 3.07. The van der Waals surface area contributed by atoms with Gasteiger partial charge < -0.3 is 10.4 Å². The van der Waals surface area contributed by atoms with E-state index >= 15 is 0 Å². The fourth-order valence-corrected chi connectivity index (χ4v) is 2.18. The molecule has 1 aromatic carbocycles. The van der Waals surface area contributed by atoms with E-state index in [1.54, 1.807) is 0 Å². The molecule has 0 bridgehead atoms. The van der Waals surface area contributed by atoms with Crippen LogP contribution >= 0.6 is 0 Å². The topological polar surface area (TPSA) is 152 Å². The van der Waals surface area contributed by atoms with Crippen molar-refractivity contribution in [3.8, 4) is 0 Å². The lowest BCUT2D eigenvalue weighted by molar-refractivity contribution is -0.382. The maximum atomic E-state index is 12.1. The van der Waals surface area contributed by atoms with Crippen molar-refractivity contribution in [1.82, 2.24) is 15.2 Å². The second-order valence-electron chi connectivity index (χ2n) is 4.55. The average molecular weight is 319 g/mol. The maximum Gasteiger partial charge on any atom is 0.323 e. The molecule has 11 heteroatoms. The Labute approximate surface area is 127 Å². The highest BCUT2D eigenvalue weighted by Gasteiger charge is 2.32. The number of carbonyl (C=O) groups is 2. The molecular weight excluding hydrogens is 310 g/mol. The zero-order valence-electron chi connectivity index (χ0n) is 11.4. The highest BCUT2D eigenvalue weighted by Crippen LogP contribution is 2.33. The summed E-state index contributed by atoms with van der Waals surface area (Å²) in [5, 5.41) is 29.6. The van der Waals surface area contributed by atoms with Crippen LogP contribution in [-0.2, 0) is 9.59 Å². The highest BCUT2D eigenvalue weighted by molar-refractivity contribution is 6.17. The number of aliphatic hydroxyl groups excluding tert-OH is 1. The number of nitro benzene ring substituents is 1. The fraction of sp³-hybridized carbons (Fsp3) is 0.167. The molecule has 0 fully saturated rings. The lowest BCUT2D eigenvalue weighted by atomic mass is 10.2. The summed E-state index contributed by atoms with van der Waals surface area (Å²) < 4.78 is 4.46. The summed E-state index contributed by atoms with van der Waals surface area (Å²) in [4.78, 5) is 35.1. The molecule has 118 valence electrons. The molecule has 0 saturated carbocycles. The third kappa shape index (κ3) is 2.38. The number of nitrogens with zero attached hydrogens (tertiary/aromatic N) is 4. The Morgan fingerprint density at radius 2 is 2.13 bits per heavy atom. The standard InChI is InChI=1S/C12H9N5O6/c18-4-3-16-9(19)5-8(12(16)20)13-7-2-1-6-10(15-23-14-6)11(7)17(21)22/h1-2,5,13,18H,3-4H2. The largest absolute Gasteiger partial charge is 0.395 e. The number of β-amino-alcohol motifs (C(OH)–C–C–N with tert-alkyl or cyclic N) is 1. The van der Waals surface area contributed by atoms with Gasteiger partial charge in [-0.2, -0.15) is 0 Å². The Bertz CT molecular complexity index is 857. The van der Waals surface area contributed by atoms with Gasteiger partial charge in [0.1, 0.15) is 16.9 Å². The van der Waals surface area contributed by atoms with Gasteiger partial charge in [-0.3, -0.25) is 24.6 Å². The molecule has 1 aliphatic rings. The Morgan fingerprint density at radius 1 is 1.35 bits per heavy atom. The molecule has 2 N–H and O–H groups in total.